The quantitative estimate of drug-likeness (QED) is 0.505. The van der Waals surface area contributed by atoms with E-state index in [1.807, 2.05) is 0 Å². The summed E-state index contributed by atoms with van der Waals surface area (Å²) in [6.07, 6.45) is 0. The van der Waals surface area contributed by atoms with Gasteiger partial charge < -0.3 is 0 Å². The number of nitrogens with two attached hydrogens (primary N) is 1. The van der Waals surface area contributed by atoms with Crippen molar-refractivity contribution in [3.8, 4) is 0 Å². The molecule has 20 heavy (non-hydrogen) atoms. The summed E-state index contributed by atoms with van der Waals surface area (Å²) in [6, 6.07) is 9.52. The van der Waals surface area contributed by atoms with Crippen LogP contribution in [0.4, 0.5) is 13.2 Å². The zero-order valence-electron chi connectivity index (χ0n) is 10.4. The number of thioether (sulfide) groups is 1. The maximum atomic E-state index is 13.5. The number of hydrogen-bond donors (Lipinski definition) is 2. The molecule has 0 amide bonds. The lowest BCUT2D eigenvalue weighted by Crippen LogP contribution is -2.29. The van der Waals surface area contributed by atoms with Crippen LogP contribution in [-0.2, 0) is 0 Å². The van der Waals surface area contributed by atoms with Gasteiger partial charge in [0.25, 0.3) is 0 Å². The van der Waals surface area contributed by atoms with E-state index in [2.05, 4.69) is 5.43 Å². The van der Waals surface area contributed by atoms with Crippen molar-refractivity contribution < 1.29 is 13.2 Å². The van der Waals surface area contributed by atoms with Crippen LogP contribution in [0.1, 0.15) is 11.6 Å². The normalized spacial score (nSPS) is 12.4. The Labute approximate surface area is 119 Å². The SMILES string of the molecule is NNC(CSc1ccccc1F)c1ccc(F)c(F)c1. The smallest absolute Gasteiger partial charge is 0.159 e. The average Bonchev–Trinajstić information content (AvgIpc) is 2.45. The molecule has 0 spiro atoms. The third kappa shape index (κ3) is 3.53. The van der Waals surface area contributed by atoms with Crippen molar-refractivity contribution in [2.45, 2.75) is 10.9 Å². The minimum absolute atomic E-state index is 0.321. The zero-order valence-corrected chi connectivity index (χ0v) is 11.3. The van der Waals surface area contributed by atoms with Crippen molar-refractivity contribution in [3.63, 3.8) is 0 Å². The van der Waals surface area contributed by atoms with Crippen molar-refractivity contribution in [2.24, 2.45) is 5.84 Å². The summed E-state index contributed by atoms with van der Waals surface area (Å²) in [5.41, 5.74) is 3.03. The Morgan fingerprint density at radius 3 is 2.40 bits per heavy atom. The van der Waals surface area contributed by atoms with Crippen LogP contribution in [0, 0.1) is 17.5 Å². The minimum atomic E-state index is -0.932. The van der Waals surface area contributed by atoms with Crippen LogP contribution >= 0.6 is 11.8 Å². The highest BCUT2D eigenvalue weighted by Gasteiger charge is 2.14. The Balaban J connectivity index is 2.09. The van der Waals surface area contributed by atoms with E-state index in [4.69, 9.17) is 5.84 Å². The second kappa shape index (κ2) is 6.78. The van der Waals surface area contributed by atoms with Gasteiger partial charge in [0.1, 0.15) is 5.82 Å². The molecule has 1 unspecified atom stereocenters. The predicted octanol–water partition coefficient (Wildman–Crippen LogP) is 3.40. The first-order chi connectivity index (χ1) is 9.61. The fraction of sp³-hybridized carbons (Fsp3) is 0.143. The van der Waals surface area contributed by atoms with Gasteiger partial charge in [-0.1, -0.05) is 18.2 Å². The highest BCUT2D eigenvalue weighted by molar-refractivity contribution is 7.99. The molecule has 0 aliphatic carbocycles. The molecule has 0 aliphatic rings. The molecule has 2 aromatic carbocycles. The van der Waals surface area contributed by atoms with E-state index in [0.717, 1.165) is 12.1 Å². The molecule has 106 valence electrons. The van der Waals surface area contributed by atoms with Crippen molar-refractivity contribution in [2.75, 3.05) is 5.75 Å². The van der Waals surface area contributed by atoms with Gasteiger partial charge in [-0.2, -0.15) is 0 Å². The second-order valence-corrected chi connectivity index (χ2v) is 5.20. The van der Waals surface area contributed by atoms with Crippen LogP contribution in [0.25, 0.3) is 0 Å². The summed E-state index contributed by atoms with van der Waals surface area (Å²) in [6.45, 7) is 0. The minimum Gasteiger partial charge on any atom is -0.271 e. The van der Waals surface area contributed by atoms with E-state index >= 15 is 0 Å². The molecule has 0 saturated carbocycles. The predicted molar refractivity (Wildman–Crippen MR) is 73.5 cm³/mol. The van der Waals surface area contributed by atoms with Crippen molar-refractivity contribution >= 4 is 11.8 Å². The molecular formula is C14H13F3N2S. The highest BCUT2D eigenvalue weighted by atomic mass is 32.2. The Morgan fingerprint density at radius 1 is 1.00 bits per heavy atom. The first kappa shape index (κ1) is 14.9. The lowest BCUT2D eigenvalue weighted by Gasteiger charge is -2.16. The van der Waals surface area contributed by atoms with Gasteiger partial charge in [0.2, 0.25) is 0 Å². The van der Waals surface area contributed by atoms with Crippen LogP contribution in [0.2, 0.25) is 0 Å². The van der Waals surface area contributed by atoms with Crippen molar-refractivity contribution in [1.82, 2.24) is 5.43 Å². The Kier molecular flexibility index (Phi) is 5.05. The Hall–Kier alpha value is -1.50. The van der Waals surface area contributed by atoms with Crippen LogP contribution < -0.4 is 11.3 Å². The van der Waals surface area contributed by atoms with Gasteiger partial charge in [-0.05, 0) is 29.8 Å². The number of benzene rings is 2. The molecule has 0 radical (unpaired) electrons. The standard InChI is InChI=1S/C14H13F3N2S/c15-10-6-5-9(7-12(10)17)13(19-18)8-20-14-4-2-1-3-11(14)16/h1-7,13,19H,8,18H2. The maximum absolute atomic E-state index is 13.5. The summed E-state index contributed by atoms with van der Waals surface area (Å²) in [7, 11) is 0. The molecule has 0 fully saturated rings. The van der Waals surface area contributed by atoms with Gasteiger partial charge in [0.05, 0.1) is 6.04 Å². The Morgan fingerprint density at radius 2 is 1.75 bits per heavy atom. The molecule has 0 heterocycles. The van der Waals surface area contributed by atoms with Gasteiger partial charge in [0, 0.05) is 10.6 Å². The maximum Gasteiger partial charge on any atom is 0.159 e. The molecule has 6 heteroatoms. The highest BCUT2D eigenvalue weighted by Crippen LogP contribution is 2.27. The molecule has 0 aromatic heterocycles. The van der Waals surface area contributed by atoms with Gasteiger partial charge >= 0.3 is 0 Å². The number of nitrogens with one attached hydrogen (secondary N) is 1. The first-order valence-corrected chi connectivity index (χ1v) is 6.89. The van der Waals surface area contributed by atoms with E-state index in [1.54, 1.807) is 18.2 Å². The molecule has 1 atom stereocenters. The number of rotatable bonds is 5. The largest absolute Gasteiger partial charge is 0.271 e. The molecule has 0 aliphatic heterocycles. The number of hydrazine groups is 1. The van der Waals surface area contributed by atoms with Crippen LogP contribution in [-0.4, -0.2) is 5.75 Å². The van der Waals surface area contributed by atoms with E-state index in [0.29, 0.717) is 16.2 Å². The molecule has 0 saturated heterocycles. The zero-order chi connectivity index (χ0) is 14.5. The molecule has 2 nitrogen and oxygen atoms in total. The molecule has 0 bridgehead atoms. The van der Waals surface area contributed by atoms with Crippen molar-refractivity contribution in [3.05, 3.63) is 65.5 Å². The summed E-state index contributed by atoms with van der Waals surface area (Å²) in [5, 5.41) is 0. The third-order valence-corrected chi connectivity index (χ3v) is 3.93. The molecule has 2 aromatic rings. The molecular weight excluding hydrogens is 285 g/mol. The van der Waals surface area contributed by atoms with E-state index < -0.39 is 17.7 Å². The van der Waals surface area contributed by atoms with Gasteiger partial charge in [-0.3, -0.25) is 11.3 Å². The fourth-order valence-electron chi connectivity index (χ4n) is 1.70. The van der Waals surface area contributed by atoms with E-state index in [1.165, 1.54) is 23.9 Å². The molecule has 2 rings (SSSR count). The third-order valence-electron chi connectivity index (χ3n) is 2.79. The van der Waals surface area contributed by atoms with Crippen LogP contribution in [0.5, 0.6) is 0 Å². The number of halogens is 3. The summed E-state index contributed by atoms with van der Waals surface area (Å²) in [5.74, 6) is 3.65. The van der Waals surface area contributed by atoms with E-state index in [-0.39, 0.29) is 5.82 Å². The average molecular weight is 298 g/mol. The van der Waals surface area contributed by atoms with Gasteiger partial charge in [0.15, 0.2) is 11.6 Å². The summed E-state index contributed by atoms with van der Waals surface area (Å²) in [4.78, 5) is 0.482. The van der Waals surface area contributed by atoms with Gasteiger partial charge in [-0.25, -0.2) is 13.2 Å². The number of hydrogen-bond acceptors (Lipinski definition) is 3. The lowest BCUT2D eigenvalue weighted by molar-refractivity contribution is 0.502. The second-order valence-electron chi connectivity index (χ2n) is 4.13. The first-order valence-electron chi connectivity index (χ1n) is 5.90. The monoisotopic (exact) mass is 298 g/mol. The summed E-state index contributed by atoms with van der Waals surface area (Å²) >= 11 is 1.25. The van der Waals surface area contributed by atoms with Crippen LogP contribution in [0.3, 0.4) is 0 Å². The Bertz CT molecular complexity index is 592. The van der Waals surface area contributed by atoms with Crippen molar-refractivity contribution in [1.29, 1.82) is 0 Å². The molecule has 3 N–H and O–H groups in total. The fourth-order valence-corrected chi connectivity index (χ4v) is 2.72. The van der Waals surface area contributed by atoms with Crippen LogP contribution in [0.15, 0.2) is 47.4 Å². The van der Waals surface area contributed by atoms with E-state index in [9.17, 15) is 13.2 Å². The van der Waals surface area contributed by atoms with Gasteiger partial charge in [-0.15, -0.1) is 11.8 Å². The lowest BCUT2D eigenvalue weighted by atomic mass is 10.1. The topological polar surface area (TPSA) is 38.0 Å². The summed E-state index contributed by atoms with van der Waals surface area (Å²) < 4.78 is 39.6.